The number of hydrogen-bond donors (Lipinski definition) is 1. The Morgan fingerprint density at radius 3 is 2.46 bits per heavy atom. The Kier molecular flexibility index (Phi) is 5.07. The second-order valence-corrected chi connectivity index (χ2v) is 6.44. The van der Waals surface area contributed by atoms with Crippen LogP contribution in [0.15, 0.2) is 53.3 Å². The molecule has 0 bridgehead atoms. The highest BCUT2D eigenvalue weighted by atomic mass is 16.5. The summed E-state index contributed by atoms with van der Waals surface area (Å²) < 4.78 is 5.16. The van der Waals surface area contributed by atoms with Crippen molar-refractivity contribution in [2.24, 2.45) is 0 Å². The van der Waals surface area contributed by atoms with Crippen LogP contribution in [0.1, 0.15) is 23.6 Å². The van der Waals surface area contributed by atoms with E-state index in [1.165, 1.54) is 6.92 Å². The summed E-state index contributed by atoms with van der Waals surface area (Å²) in [5.74, 6) is 0.689. The van der Waals surface area contributed by atoms with E-state index in [0.717, 1.165) is 27.8 Å². The van der Waals surface area contributed by atoms with Gasteiger partial charge in [-0.2, -0.15) is 0 Å². The average Bonchev–Trinajstić information content (AvgIpc) is 2.62. The van der Waals surface area contributed by atoms with Gasteiger partial charge in [-0.3, -0.25) is 9.59 Å². The number of methoxy groups -OCH3 is 1. The quantitative estimate of drug-likeness (QED) is 0.767. The van der Waals surface area contributed by atoms with Crippen molar-refractivity contribution in [3.8, 4) is 5.75 Å². The van der Waals surface area contributed by atoms with E-state index in [2.05, 4.69) is 4.98 Å². The Morgan fingerprint density at radius 1 is 1.08 bits per heavy atom. The number of carbonyl (C=O) groups is 1. The first kappa shape index (κ1) is 17.7. The van der Waals surface area contributed by atoms with Crippen LogP contribution in [0, 0.1) is 6.92 Å². The predicted octanol–water partition coefficient (Wildman–Crippen LogP) is 3.39. The van der Waals surface area contributed by atoms with Crippen LogP contribution in [0.5, 0.6) is 5.75 Å². The highest BCUT2D eigenvalue weighted by molar-refractivity contribution is 5.80. The second-order valence-electron chi connectivity index (χ2n) is 6.44. The number of aryl methyl sites for hydroxylation is 1. The van der Waals surface area contributed by atoms with Crippen LogP contribution in [0.2, 0.25) is 0 Å². The van der Waals surface area contributed by atoms with Crippen molar-refractivity contribution in [2.45, 2.75) is 26.9 Å². The molecule has 3 rings (SSSR count). The number of H-pyrrole nitrogens is 1. The van der Waals surface area contributed by atoms with E-state index in [4.69, 9.17) is 4.74 Å². The highest BCUT2D eigenvalue weighted by Crippen LogP contribution is 2.17. The minimum absolute atomic E-state index is 0.0791. The van der Waals surface area contributed by atoms with Gasteiger partial charge in [-0.15, -0.1) is 0 Å². The van der Waals surface area contributed by atoms with Crippen molar-refractivity contribution in [2.75, 3.05) is 7.11 Å². The predicted molar refractivity (Wildman–Crippen MR) is 102 cm³/mol. The molecule has 0 fully saturated rings. The molecule has 0 atom stereocenters. The third-order valence-electron chi connectivity index (χ3n) is 4.42. The smallest absolute Gasteiger partial charge is 0.253 e. The van der Waals surface area contributed by atoms with E-state index in [1.807, 2.05) is 55.5 Å². The normalized spacial score (nSPS) is 10.7. The van der Waals surface area contributed by atoms with Gasteiger partial charge in [-0.25, -0.2) is 0 Å². The summed E-state index contributed by atoms with van der Waals surface area (Å²) in [4.78, 5) is 29.1. The zero-order valence-corrected chi connectivity index (χ0v) is 15.2. The van der Waals surface area contributed by atoms with Crippen LogP contribution in [0.25, 0.3) is 10.9 Å². The topological polar surface area (TPSA) is 62.4 Å². The first-order valence-corrected chi connectivity index (χ1v) is 8.47. The third kappa shape index (κ3) is 3.94. The number of hydrogen-bond acceptors (Lipinski definition) is 3. The largest absolute Gasteiger partial charge is 0.497 e. The van der Waals surface area contributed by atoms with E-state index in [1.54, 1.807) is 12.0 Å². The number of benzene rings is 2. The molecular weight excluding hydrogens is 328 g/mol. The van der Waals surface area contributed by atoms with Crippen molar-refractivity contribution < 1.29 is 9.53 Å². The first-order valence-electron chi connectivity index (χ1n) is 8.47. The molecule has 3 aromatic rings. The molecule has 26 heavy (non-hydrogen) atoms. The van der Waals surface area contributed by atoms with E-state index in [0.29, 0.717) is 12.1 Å². The highest BCUT2D eigenvalue weighted by Gasteiger charge is 2.13. The molecule has 0 radical (unpaired) electrons. The molecule has 1 N–H and O–H groups in total. The van der Waals surface area contributed by atoms with Gasteiger partial charge >= 0.3 is 0 Å². The summed E-state index contributed by atoms with van der Waals surface area (Å²) in [6.07, 6.45) is 0. The van der Waals surface area contributed by atoms with Gasteiger partial charge in [0, 0.05) is 24.5 Å². The number of fused-ring (bicyclic) bond motifs is 1. The van der Waals surface area contributed by atoms with Gasteiger partial charge in [-0.05, 0) is 48.2 Å². The van der Waals surface area contributed by atoms with Crippen LogP contribution in [0.4, 0.5) is 0 Å². The Labute approximate surface area is 152 Å². The summed E-state index contributed by atoms with van der Waals surface area (Å²) in [6, 6.07) is 15.3. The van der Waals surface area contributed by atoms with Gasteiger partial charge in [0.05, 0.1) is 13.7 Å². The van der Waals surface area contributed by atoms with Gasteiger partial charge in [0.2, 0.25) is 5.91 Å². The average molecular weight is 350 g/mol. The summed E-state index contributed by atoms with van der Waals surface area (Å²) in [6.45, 7) is 4.23. The fourth-order valence-electron chi connectivity index (χ4n) is 2.92. The van der Waals surface area contributed by atoms with Gasteiger partial charge in [0.25, 0.3) is 5.56 Å². The third-order valence-corrected chi connectivity index (χ3v) is 4.42. The van der Waals surface area contributed by atoms with Gasteiger partial charge in [-0.1, -0.05) is 23.8 Å². The lowest BCUT2D eigenvalue weighted by molar-refractivity contribution is -0.130. The van der Waals surface area contributed by atoms with Crippen LogP contribution in [0.3, 0.4) is 0 Å². The van der Waals surface area contributed by atoms with Gasteiger partial charge < -0.3 is 14.6 Å². The standard InChI is InChI=1S/C21H22N2O3/c1-14-4-9-20-17(10-14)11-18(21(25)22-20)13-23(15(2)24)12-16-5-7-19(26-3)8-6-16/h4-11H,12-13H2,1-3H3,(H,22,25). The number of rotatable bonds is 5. The lowest BCUT2D eigenvalue weighted by Gasteiger charge is -2.21. The van der Waals surface area contributed by atoms with E-state index < -0.39 is 0 Å². The van der Waals surface area contributed by atoms with Gasteiger partial charge in [0.1, 0.15) is 5.75 Å². The van der Waals surface area contributed by atoms with Crippen molar-refractivity contribution in [1.29, 1.82) is 0 Å². The van der Waals surface area contributed by atoms with Crippen molar-refractivity contribution in [3.63, 3.8) is 0 Å². The Bertz CT molecular complexity index is 990. The maximum Gasteiger partial charge on any atom is 0.253 e. The molecule has 1 heterocycles. The number of aromatic nitrogens is 1. The SMILES string of the molecule is COc1ccc(CN(Cc2cc3cc(C)ccc3[nH]c2=O)C(C)=O)cc1. The number of carbonyl (C=O) groups excluding carboxylic acids is 1. The van der Waals surface area contributed by atoms with Crippen molar-refractivity contribution in [3.05, 3.63) is 75.6 Å². The minimum atomic E-state index is -0.165. The van der Waals surface area contributed by atoms with Crippen LogP contribution in [-0.2, 0) is 17.9 Å². The van der Waals surface area contributed by atoms with Crippen LogP contribution in [-0.4, -0.2) is 22.9 Å². The lowest BCUT2D eigenvalue weighted by Crippen LogP contribution is -2.30. The van der Waals surface area contributed by atoms with Crippen LogP contribution >= 0.6 is 0 Å². The summed E-state index contributed by atoms with van der Waals surface area (Å²) in [5, 5.41) is 0.965. The molecule has 0 aliphatic carbocycles. The second kappa shape index (κ2) is 7.44. The molecule has 0 saturated heterocycles. The molecule has 0 aliphatic heterocycles. The lowest BCUT2D eigenvalue weighted by atomic mass is 10.1. The summed E-state index contributed by atoms with van der Waals surface area (Å²) >= 11 is 0. The number of pyridine rings is 1. The van der Waals surface area contributed by atoms with E-state index in [9.17, 15) is 9.59 Å². The van der Waals surface area contributed by atoms with Crippen molar-refractivity contribution >= 4 is 16.8 Å². The number of amides is 1. The molecule has 5 nitrogen and oxygen atoms in total. The fourth-order valence-corrected chi connectivity index (χ4v) is 2.92. The number of nitrogens with zero attached hydrogens (tertiary/aromatic N) is 1. The maximum absolute atomic E-state index is 12.4. The van der Waals surface area contributed by atoms with E-state index in [-0.39, 0.29) is 18.0 Å². The molecule has 1 amide bonds. The molecular formula is C21H22N2O3. The molecule has 5 heteroatoms. The number of ether oxygens (including phenoxy) is 1. The number of nitrogens with one attached hydrogen (secondary N) is 1. The first-order chi connectivity index (χ1) is 12.5. The molecule has 0 spiro atoms. The minimum Gasteiger partial charge on any atom is -0.497 e. The van der Waals surface area contributed by atoms with Crippen LogP contribution < -0.4 is 10.3 Å². The molecule has 0 saturated carbocycles. The number of aromatic amines is 1. The summed E-state index contributed by atoms with van der Waals surface area (Å²) in [5.41, 5.74) is 3.31. The Morgan fingerprint density at radius 2 is 1.81 bits per heavy atom. The Hall–Kier alpha value is -3.08. The molecule has 134 valence electrons. The maximum atomic E-state index is 12.4. The fraction of sp³-hybridized carbons (Fsp3) is 0.238. The molecule has 0 unspecified atom stereocenters. The molecule has 0 aliphatic rings. The molecule has 1 aromatic heterocycles. The summed E-state index contributed by atoms with van der Waals surface area (Å²) in [7, 11) is 1.62. The Balaban J connectivity index is 1.87. The van der Waals surface area contributed by atoms with Gasteiger partial charge in [0.15, 0.2) is 0 Å². The van der Waals surface area contributed by atoms with E-state index >= 15 is 0 Å². The monoisotopic (exact) mass is 350 g/mol. The zero-order valence-electron chi connectivity index (χ0n) is 15.2. The van der Waals surface area contributed by atoms with Crippen molar-refractivity contribution in [1.82, 2.24) is 9.88 Å². The zero-order chi connectivity index (χ0) is 18.7. The molecule has 2 aromatic carbocycles.